The van der Waals surface area contributed by atoms with E-state index in [1.807, 2.05) is 13.8 Å². The van der Waals surface area contributed by atoms with E-state index in [0.29, 0.717) is 34.3 Å². The minimum absolute atomic E-state index is 0.106. The molecule has 0 heterocycles. The molecule has 2 atom stereocenters. The Bertz CT molecular complexity index is 1180. The summed E-state index contributed by atoms with van der Waals surface area (Å²) < 4.78 is 17.3. The van der Waals surface area contributed by atoms with Crippen LogP contribution in [0.5, 0.6) is 17.2 Å². The number of hydrogen-bond donors (Lipinski definition) is 2. The maximum Gasteiger partial charge on any atom is 0.262 e. The highest BCUT2D eigenvalue weighted by atomic mass is 127. The van der Waals surface area contributed by atoms with E-state index in [2.05, 4.69) is 44.4 Å². The second-order valence-corrected chi connectivity index (χ2v) is 10.3. The minimum atomic E-state index is -0.908. The normalized spacial score (nSPS) is 12.5. The first-order valence-electron chi connectivity index (χ1n) is 11.2. The van der Waals surface area contributed by atoms with Gasteiger partial charge in [0.05, 0.1) is 21.9 Å². The monoisotopic (exact) mass is 659 g/mol. The first-order valence-corrected chi connectivity index (χ1v) is 13.1. The first-order chi connectivity index (χ1) is 17.5. The third-order valence-electron chi connectivity index (χ3n) is 4.85. The number of methoxy groups -OCH3 is 1. The van der Waals surface area contributed by atoms with E-state index in [9.17, 15) is 9.59 Å². The van der Waals surface area contributed by atoms with Gasteiger partial charge in [-0.15, -0.1) is 6.42 Å². The predicted molar refractivity (Wildman–Crippen MR) is 154 cm³/mol. The number of nitrogens with one attached hydrogen (secondary N) is 2. The van der Waals surface area contributed by atoms with Gasteiger partial charge in [-0.3, -0.25) is 9.59 Å². The van der Waals surface area contributed by atoms with Crippen molar-refractivity contribution >= 4 is 63.8 Å². The highest BCUT2D eigenvalue weighted by Gasteiger charge is 2.25. The number of carbonyl (C=O) groups excluding carboxylic acids is 2. The van der Waals surface area contributed by atoms with Crippen molar-refractivity contribution in [3.8, 4) is 29.6 Å². The molecule has 2 aromatic rings. The molecule has 0 aliphatic heterocycles. The van der Waals surface area contributed by atoms with Gasteiger partial charge in [-0.25, -0.2) is 5.43 Å². The van der Waals surface area contributed by atoms with Gasteiger partial charge in [-0.05, 0) is 77.7 Å². The van der Waals surface area contributed by atoms with Gasteiger partial charge in [-0.1, -0.05) is 43.0 Å². The zero-order chi connectivity index (χ0) is 27.5. The molecule has 11 heteroatoms. The van der Waals surface area contributed by atoms with E-state index in [4.69, 9.17) is 43.8 Å². The van der Waals surface area contributed by atoms with Crippen LogP contribution in [-0.4, -0.2) is 43.9 Å². The van der Waals surface area contributed by atoms with Crippen LogP contribution in [0.15, 0.2) is 35.4 Å². The smallest absolute Gasteiger partial charge is 0.262 e. The van der Waals surface area contributed by atoms with E-state index in [1.54, 1.807) is 31.2 Å². The lowest BCUT2D eigenvalue weighted by molar-refractivity contribution is -0.132. The lowest BCUT2D eigenvalue weighted by Gasteiger charge is -2.22. The Balaban J connectivity index is 2.07. The number of rotatable bonds is 12. The average Bonchev–Trinajstić information content (AvgIpc) is 2.83. The van der Waals surface area contributed by atoms with Crippen molar-refractivity contribution in [3.63, 3.8) is 0 Å². The fourth-order valence-electron chi connectivity index (χ4n) is 3.12. The summed E-state index contributed by atoms with van der Waals surface area (Å²) in [7, 11) is 1.52. The lowest BCUT2D eigenvalue weighted by Crippen LogP contribution is -2.49. The van der Waals surface area contributed by atoms with E-state index >= 15 is 0 Å². The standard InChI is InChI=1S/C26H28Cl2IN3O5/c1-6-9-36-24-20(29)11-17(12-23(24)35-5)14-30-32-26(34)21(10-15(2)3)31-25(33)16(4)37-22-8-7-18(27)13-19(22)28/h1,7-8,11-16,21H,9-10H2,2-5H3,(H,31,33)(H,32,34)/b30-14-/t16-,21+/m1/s1. The van der Waals surface area contributed by atoms with Crippen LogP contribution in [0, 0.1) is 21.8 Å². The quantitative estimate of drug-likeness (QED) is 0.144. The van der Waals surface area contributed by atoms with Gasteiger partial charge in [0, 0.05) is 5.02 Å². The zero-order valence-electron chi connectivity index (χ0n) is 20.8. The number of amides is 2. The molecule has 2 aromatic carbocycles. The van der Waals surface area contributed by atoms with Crippen LogP contribution in [0.4, 0.5) is 0 Å². The molecule has 0 spiro atoms. The minimum Gasteiger partial charge on any atom is -0.493 e. The summed E-state index contributed by atoms with van der Waals surface area (Å²) in [4.78, 5) is 25.6. The third-order valence-corrected chi connectivity index (χ3v) is 6.18. The summed E-state index contributed by atoms with van der Waals surface area (Å²) >= 11 is 14.1. The van der Waals surface area contributed by atoms with Crippen molar-refractivity contribution in [2.75, 3.05) is 13.7 Å². The van der Waals surface area contributed by atoms with Gasteiger partial charge in [-0.2, -0.15) is 5.10 Å². The van der Waals surface area contributed by atoms with E-state index < -0.39 is 24.0 Å². The van der Waals surface area contributed by atoms with Crippen molar-refractivity contribution in [1.82, 2.24) is 10.7 Å². The van der Waals surface area contributed by atoms with Crippen molar-refractivity contribution < 1.29 is 23.8 Å². The Morgan fingerprint density at radius 2 is 1.89 bits per heavy atom. The van der Waals surface area contributed by atoms with E-state index in [1.165, 1.54) is 19.4 Å². The third kappa shape index (κ3) is 9.61. The SMILES string of the molecule is C#CCOc1c(I)cc(/C=N\NC(=O)[C@H](CC(C)C)NC(=O)[C@@H](C)Oc2ccc(Cl)cc2Cl)cc1OC. The molecule has 198 valence electrons. The molecular weight excluding hydrogens is 632 g/mol. The van der Waals surface area contributed by atoms with Gasteiger partial charge in [0.1, 0.15) is 18.4 Å². The largest absolute Gasteiger partial charge is 0.493 e. The van der Waals surface area contributed by atoms with Crippen LogP contribution >= 0.6 is 45.8 Å². The summed E-state index contributed by atoms with van der Waals surface area (Å²) in [5.74, 6) is 2.92. The molecule has 37 heavy (non-hydrogen) atoms. The molecule has 0 unspecified atom stereocenters. The van der Waals surface area contributed by atoms with E-state index in [-0.39, 0.29) is 17.5 Å². The number of hydrogen-bond acceptors (Lipinski definition) is 6. The number of nitrogens with zero attached hydrogens (tertiary/aromatic N) is 1. The maximum atomic E-state index is 12.9. The number of ether oxygens (including phenoxy) is 3. The summed E-state index contributed by atoms with van der Waals surface area (Å²) in [6.07, 6.45) is 6.22. The van der Waals surface area contributed by atoms with Gasteiger partial charge in [0.25, 0.3) is 11.8 Å². The Hall–Kier alpha value is -2.68. The molecule has 8 nitrogen and oxygen atoms in total. The summed E-state index contributed by atoms with van der Waals surface area (Å²) in [5, 5.41) is 7.50. The molecule has 0 aliphatic rings. The van der Waals surface area contributed by atoms with Crippen LogP contribution in [0.1, 0.15) is 32.8 Å². The molecule has 0 radical (unpaired) electrons. The predicted octanol–water partition coefficient (Wildman–Crippen LogP) is 5.07. The Morgan fingerprint density at radius 1 is 1.16 bits per heavy atom. The highest BCUT2D eigenvalue weighted by Crippen LogP contribution is 2.33. The number of benzene rings is 2. The molecule has 2 rings (SSSR count). The molecule has 0 bridgehead atoms. The van der Waals surface area contributed by atoms with Crippen LogP contribution in [0.2, 0.25) is 10.0 Å². The molecular formula is C26H28Cl2IN3O5. The van der Waals surface area contributed by atoms with Gasteiger partial charge in [0.2, 0.25) is 0 Å². The molecule has 2 amide bonds. The van der Waals surface area contributed by atoms with E-state index in [0.717, 1.165) is 3.57 Å². The maximum absolute atomic E-state index is 12.9. The van der Waals surface area contributed by atoms with Crippen molar-refractivity contribution in [3.05, 3.63) is 49.5 Å². The molecule has 2 N–H and O–H groups in total. The second kappa shape index (κ2) is 14.9. The van der Waals surface area contributed by atoms with Gasteiger partial charge < -0.3 is 19.5 Å². The van der Waals surface area contributed by atoms with Crippen LogP contribution in [-0.2, 0) is 9.59 Å². The molecule has 0 fully saturated rings. The van der Waals surface area contributed by atoms with Gasteiger partial charge >= 0.3 is 0 Å². The zero-order valence-corrected chi connectivity index (χ0v) is 24.5. The van der Waals surface area contributed by atoms with Crippen LogP contribution < -0.4 is 25.0 Å². The molecule has 0 aliphatic carbocycles. The van der Waals surface area contributed by atoms with Crippen molar-refractivity contribution in [2.24, 2.45) is 11.0 Å². The number of halogens is 3. The molecule has 0 saturated carbocycles. The fourth-order valence-corrected chi connectivity index (χ4v) is 4.36. The van der Waals surface area contributed by atoms with Crippen LogP contribution in [0.3, 0.4) is 0 Å². The average molecular weight is 660 g/mol. The molecule has 0 aromatic heterocycles. The Kier molecular flexibility index (Phi) is 12.3. The molecule has 0 saturated heterocycles. The van der Waals surface area contributed by atoms with Gasteiger partial charge in [0.15, 0.2) is 17.6 Å². The number of hydrazone groups is 1. The summed E-state index contributed by atoms with van der Waals surface area (Å²) in [5.41, 5.74) is 3.16. The highest BCUT2D eigenvalue weighted by molar-refractivity contribution is 14.1. The summed E-state index contributed by atoms with van der Waals surface area (Å²) in [6.45, 7) is 5.56. The Labute approximate surface area is 240 Å². The summed E-state index contributed by atoms with van der Waals surface area (Å²) in [6, 6.07) is 7.38. The second-order valence-electron chi connectivity index (χ2n) is 8.29. The number of carbonyl (C=O) groups is 2. The fraction of sp³-hybridized carbons (Fsp3) is 0.346. The first kappa shape index (κ1) is 30.5. The lowest BCUT2D eigenvalue weighted by atomic mass is 10.0. The van der Waals surface area contributed by atoms with Crippen molar-refractivity contribution in [1.29, 1.82) is 0 Å². The Morgan fingerprint density at radius 3 is 2.51 bits per heavy atom. The van der Waals surface area contributed by atoms with Crippen LogP contribution in [0.25, 0.3) is 0 Å². The number of terminal acetylenes is 1. The van der Waals surface area contributed by atoms with Crippen molar-refractivity contribution in [2.45, 2.75) is 39.3 Å². The topological polar surface area (TPSA) is 98.2 Å².